The number of sulfonamides is 1. The van der Waals surface area contributed by atoms with Gasteiger partial charge in [0.1, 0.15) is 11.4 Å². The van der Waals surface area contributed by atoms with Crippen molar-refractivity contribution >= 4 is 56.2 Å². The zero-order valence-corrected chi connectivity index (χ0v) is 19.4. The minimum absolute atomic E-state index is 0.251. The lowest BCUT2D eigenvalue weighted by Crippen LogP contribution is -2.31. The third-order valence-corrected chi connectivity index (χ3v) is 7.54. The second-order valence-electron chi connectivity index (χ2n) is 7.52. The van der Waals surface area contributed by atoms with E-state index >= 15 is 0 Å². The maximum absolute atomic E-state index is 13.0. The molecule has 1 aliphatic heterocycles. The number of nitrogens with zero attached hydrogens (tertiary/aromatic N) is 3. The van der Waals surface area contributed by atoms with Gasteiger partial charge in [0.15, 0.2) is 0 Å². The summed E-state index contributed by atoms with van der Waals surface area (Å²) in [4.78, 5) is 0. The van der Waals surface area contributed by atoms with Crippen LogP contribution in [0.3, 0.4) is 0 Å². The summed E-state index contributed by atoms with van der Waals surface area (Å²) < 4.78 is 28.8. The average Bonchev–Trinajstić information content (AvgIpc) is 3.44. The predicted molar refractivity (Wildman–Crippen MR) is 125 cm³/mol. The van der Waals surface area contributed by atoms with Crippen molar-refractivity contribution < 1.29 is 8.42 Å². The Bertz CT molecular complexity index is 1330. The van der Waals surface area contributed by atoms with Gasteiger partial charge in [0.25, 0.3) is 10.0 Å². The fourth-order valence-corrected chi connectivity index (χ4v) is 5.22. The Morgan fingerprint density at radius 1 is 1.03 bits per heavy atom. The molecular weight excluding hydrogens is 479 g/mol. The van der Waals surface area contributed by atoms with E-state index in [4.69, 9.17) is 39.9 Å². The molecule has 0 radical (unpaired) electrons. The second-order valence-corrected chi connectivity index (χ2v) is 10.6. The number of anilines is 1. The molecule has 0 unspecified atom stereocenters. The van der Waals surface area contributed by atoms with Gasteiger partial charge in [0, 0.05) is 28.7 Å². The van der Waals surface area contributed by atoms with E-state index < -0.39 is 10.0 Å². The van der Waals surface area contributed by atoms with Crippen molar-refractivity contribution in [1.82, 2.24) is 15.1 Å². The zero-order valence-electron chi connectivity index (χ0n) is 16.3. The summed E-state index contributed by atoms with van der Waals surface area (Å²) in [5.41, 5.74) is 3.42. The molecule has 1 N–H and O–H groups in total. The fourth-order valence-electron chi connectivity index (χ4n) is 3.54. The van der Waals surface area contributed by atoms with E-state index in [0.717, 1.165) is 18.4 Å². The molecule has 0 spiro atoms. The van der Waals surface area contributed by atoms with E-state index in [9.17, 15) is 8.42 Å². The quantitative estimate of drug-likeness (QED) is 0.531. The Morgan fingerprint density at radius 2 is 1.71 bits per heavy atom. The van der Waals surface area contributed by atoms with Gasteiger partial charge in [0.2, 0.25) is 0 Å². The van der Waals surface area contributed by atoms with E-state index in [1.165, 1.54) is 16.8 Å². The van der Waals surface area contributed by atoms with Crippen LogP contribution < -0.4 is 9.62 Å². The van der Waals surface area contributed by atoms with Crippen molar-refractivity contribution in [2.75, 3.05) is 11.4 Å². The first-order valence-electron chi connectivity index (χ1n) is 9.56. The van der Waals surface area contributed by atoms with Crippen molar-refractivity contribution in [1.29, 1.82) is 0 Å². The molecule has 6 nitrogen and oxygen atoms in total. The van der Waals surface area contributed by atoms with Gasteiger partial charge < -0.3 is 5.32 Å². The normalized spacial score (nSPS) is 17.3. The van der Waals surface area contributed by atoms with Gasteiger partial charge in [-0.2, -0.15) is 5.10 Å². The molecular formula is C21H17Cl3N4O2S. The Labute approximate surface area is 195 Å². The molecule has 2 aliphatic rings. The topological polar surface area (TPSA) is 67.2 Å². The lowest BCUT2D eigenvalue weighted by Gasteiger charge is -2.25. The third-order valence-electron chi connectivity index (χ3n) is 5.27. The second kappa shape index (κ2) is 7.45. The standard InChI is InChI=1S/C21H17Cl3N4O2S/c1-27-21-19(17(11-31(27,29)30)25-15-7-8-15)26-28(18-9-6-14(23)10-16(18)24)20(21)12-2-4-13(22)5-3-12/h2-6,9-11,15,25H,7-8H2,1H3. The fraction of sp³-hybridized carbons (Fsp3) is 0.190. The number of aromatic nitrogens is 2. The summed E-state index contributed by atoms with van der Waals surface area (Å²) in [6, 6.07) is 12.5. The van der Waals surface area contributed by atoms with Crippen molar-refractivity contribution in [2.24, 2.45) is 0 Å². The van der Waals surface area contributed by atoms with Crippen LogP contribution in [0.4, 0.5) is 5.69 Å². The number of hydrogen-bond donors (Lipinski definition) is 1. The van der Waals surface area contributed by atoms with Crippen molar-refractivity contribution in [3.8, 4) is 16.9 Å². The number of benzene rings is 2. The van der Waals surface area contributed by atoms with Gasteiger partial charge >= 0.3 is 0 Å². The Balaban J connectivity index is 1.82. The zero-order chi connectivity index (χ0) is 21.9. The van der Waals surface area contributed by atoms with E-state index in [-0.39, 0.29) is 6.04 Å². The SMILES string of the molecule is CN1c2c(nn(-c3ccc(Cl)cc3Cl)c2-c2ccc(Cl)cc2)C(NC2CC2)=CS1(=O)=O. The number of rotatable bonds is 4. The summed E-state index contributed by atoms with van der Waals surface area (Å²) in [5.74, 6) is 0. The van der Waals surface area contributed by atoms with Crippen LogP contribution in [0.15, 0.2) is 47.9 Å². The van der Waals surface area contributed by atoms with Crippen LogP contribution in [0.25, 0.3) is 22.6 Å². The molecule has 0 bridgehead atoms. The lowest BCUT2D eigenvalue weighted by atomic mass is 10.1. The summed E-state index contributed by atoms with van der Waals surface area (Å²) in [6.45, 7) is 0. The van der Waals surface area contributed by atoms with Crippen molar-refractivity contribution in [2.45, 2.75) is 18.9 Å². The highest BCUT2D eigenvalue weighted by Crippen LogP contribution is 2.44. The molecule has 2 aromatic carbocycles. The van der Waals surface area contributed by atoms with E-state index in [1.54, 1.807) is 35.0 Å². The molecule has 0 saturated heterocycles. The van der Waals surface area contributed by atoms with Gasteiger partial charge in [-0.05, 0) is 43.2 Å². The van der Waals surface area contributed by atoms with E-state index in [1.807, 2.05) is 12.1 Å². The highest BCUT2D eigenvalue weighted by atomic mass is 35.5. The van der Waals surface area contributed by atoms with E-state index in [0.29, 0.717) is 43.5 Å². The van der Waals surface area contributed by atoms with Gasteiger partial charge in [-0.3, -0.25) is 4.31 Å². The summed E-state index contributed by atoms with van der Waals surface area (Å²) >= 11 is 18.7. The summed E-state index contributed by atoms with van der Waals surface area (Å²) in [5, 5.41) is 10.8. The highest BCUT2D eigenvalue weighted by Gasteiger charge is 2.37. The van der Waals surface area contributed by atoms with Gasteiger partial charge in [0.05, 0.1) is 27.5 Å². The average molecular weight is 496 g/mol. The smallest absolute Gasteiger partial charge is 0.259 e. The van der Waals surface area contributed by atoms with Crippen LogP contribution in [-0.4, -0.2) is 31.3 Å². The maximum atomic E-state index is 13.0. The summed E-state index contributed by atoms with van der Waals surface area (Å²) in [6.07, 6.45) is 1.99. The monoisotopic (exact) mass is 494 g/mol. The number of halogens is 3. The number of fused-ring (bicyclic) bond motifs is 1. The Hall–Kier alpha value is -2.19. The van der Waals surface area contributed by atoms with Crippen LogP contribution in [0.1, 0.15) is 18.5 Å². The van der Waals surface area contributed by atoms with Gasteiger partial charge in [-0.25, -0.2) is 13.1 Å². The largest absolute Gasteiger partial charge is 0.380 e. The minimum Gasteiger partial charge on any atom is -0.380 e. The van der Waals surface area contributed by atoms with Crippen LogP contribution in [0.2, 0.25) is 15.1 Å². The molecule has 1 fully saturated rings. The van der Waals surface area contributed by atoms with Gasteiger partial charge in [-0.1, -0.05) is 46.9 Å². The first kappa shape index (κ1) is 20.7. The molecule has 1 saturated carbocycles. The molecule has 160 valence electrons. The van der Waals surface area contributed by atoms with Crippen molar-refractivity contribution in [3.63, 3.8) is 0 Å². The lowest BCUT2D eigenvalue weighted by molar-refractivity contribution is 0.602. The first-order valence-corrected chi connectivity index (χ1v) is 12.2. The molecule has 31 heavy (non-hydrogen) atoms. The highest BCUT2D eigenvalue weighted by molar-refractivity contribution is 7.95. The minimum atomic E-state index is -3.69. The third kappa shape index (κ3) is 3.69. The Morgan fingerprint density at radius 3 is 2.35 bits per heavy atom. The predicted octanol–water partition coefficient (Wildman–Crippen LogP) is 5.33. The number of hydrogen-bond acceptors (Lipinski definition) is 4. The first-order chi connectivity index (χ1) is 14.7. The van der Waals surface area contributed by atoms with Crippen LogP contribution in [0, 0.1) is 0 Å². The summed E-state index contributed by atoms with van der Waals surface area (Å²) in [7, 11) is -2.17. The molecule has 1 aliphatic carbocycles. The van der Waals surface area contributed by atoms with Crippen LogP contribution >= 0.6 is 34.8 Å². The molecule has 0 atom stereocenters. The van der Waals surface area contributed by atoms with E-state index in [2.05, 4.69) is 5.32 Å². The Kier molecular flexibility index (Phi) is 4.97. The molecule has 1 aromatic heterocycles. The van der Waals surface area contributed by atoms with Crippen molar-refractivity contribution in [3.05, 3.63) is 68.6 Å². The van der Waals surface area contributed by atoms with Crippen LogP contribution in [0.5, 0.6) is 0 Å². The molecule has 3 aromatic rings. The van der Waals surface area contributed by atoms with Gasteiger partial charge in [-0.15, -0.1) is 0 Å². The molecule has 2 heterocycles. The van der Waals surface area contributed by atoms with Crippen LogP contribution in [-0.2, 0) is 10.0 Å². The molecule has 0 amide bonds. The maximum Gasteiger partial charge on any atom is 0.259 e. The number of nitrogens with one attached hydrogen (secondary N) is 1. The molecule has 5 rings (SSSR count). The molecule has 10 heteroatoms.